The van der Waals surface area contributed by atoms with E-state index in [2.05, 4.69) is 4.72 Å². The summed E-state index contributed by atoms with van der Waals surface area (Å²) in [6.45, 7) is 2.17. The van der Waals surface area contributed by atoms with E-state index in [9.17, 15) is 8.42 Å². The molecule has 0 saturated carbocycles. The van der Waals surface area contributed by atoms with Gasteiger partial charge >= 0.3 is 0 Å². The third-order valence-electron chi connectivity index (χ3n) is 2.76. The third kappa shape index (κ3) is 3.19. The minimum absolute atomic E-state index is 0.0516. The van der Waals surface area contributed by atoms with Crippen molar-refractivity contribution >= 4 is 33.0 Å². The van der Waals surface area contributed by atoms with Crippen molar-refractivity contribution in [1.82, 2.24) is 4.72 Å². The molecule has 1 aromatic carbocycles. The Morgan fingerprint density at radius 3 is 2.70 bits per heavy atom. The van der Waals surface area contributed by atoms with Gasteiger partial charge in [0.15, 0.2) is 0 Å². The largest absolute Gasteiger partial charge is 0.240 e. The lowest BCUT2D eigenvalue weighted by Crippen LogP contribution is -2.23. The smallest absolute Gasteiger partial charge is 0.207 e. The van der Waals surface area contributed by atoms with Crippen molar-refractivity contribution in [1.29, 1.82) is 5.26 Å². The summed E-state index contributed by atoms with van der Waals surface area (Å²) >= 11 is 7.35. The molecule has 1 aromatic heterocycles. The van der Waals surface area contributed by atoms with Gasteiger partial charge in [0.25, 0.3) is 0 Å². The zero-order valence-electron chi connectivity index (χ0n) is 10.6. The van der Waals surface area contributed by atoms with Gasteiger partial charge in [-0.3, -0.25) is 0 Å². The van der Waals surface area contributed by atoms with Crippen LogP contribution in [0.1, 0.15) is 16.0 Å². The molecule has 7 heteroatoms. The molecule has 20 heavy (non-hydrogen) atoms. The second kappa shape index (κ2) is 5.94. The van der Waals surface area contributed by atoms with E-state index < -0.39 is 10.0 Å². The van der Waals surface area contributed by atoms with Crippen LogP contribution in [-0.2, 0) is 16.6 Å². The van der Waals surface area contributed by atoms with E-state index in [0.29, 0.717) is 0 Å². The predicted molar refractivity (Wildman–Crippen MR) is 79.2 cm³/mol. The van der Waals surface area contributed by atoms with Crippen LogP contribution >= 0.6 is 22.9 Å². The standard InChI is InChI=1S/C13H11ClN2O2S2/c1-9-4-5-19-13(9)8-16-20(17,18)11-3-2-10(7-15)12(14)6-11/h2-6,16H,8H2,1H3. The Morgan fingerprint density at radius 2 is 2.15 bits per heavy atom. The highest BCUT2D eigenvalue weighted by Crippen LogP contribution is 2.21. The van der Waals surface area contributed by atoms with Gasteiger partial charge in [-0.25, -0.2) is 13.1 Å². The lowest BCUT2D eigenvalue weighted by molar-refractivity contribution is 0.581. The Kier molecular flexibility index (Phi) is 4.45. The van der Waals surface area contributed by atoms with E-state index in [0.717, 1.165) is 10.4 Å². The Labute approximate surface area is 126 Å². The van der Waals surface area contributed by atoms with Crippen LogP contribution in [0.5, 0.6) is 0 Å². The average Bonchev–Trinajstić information content (AvgIpc) is 2.82. The zero-order chi connectivity index (χ0) is 14.8. The van der Waals surface area contributed by atoms with Crippen LogP contribution in [0.15, 0.2) is 34.5 Å². The second-order valence-corrected chi connectivity index (χ2v) is 7.28. The Morgan fingerprint density at radius 1 is 1.40 bits per heavy atom. The normalized spacial score (nSPS) is 11.2. The van der Waals surface area contributed by atoms with Gasteiger partial charge in [0.1, 0.15) is 6.07 Å². The minimum Gasteiger partial charge on any atom is -0.207 e. The highest BCUT2D eigenvalue weighted by Gasteiger charge is 2.16. The molecule has 2 rings (SSSR count). The van der Waals surface area contributed by atoms with Crippen LogP contribution in [-0.4, -0.2) is 8.42 Å². The van der Waals surface area contributed by atoms with Crippen molar-refractivity contribution in [3.05, 3.63) is 50.7 Å². The summed E-state index contributed by atoms with van der Waals surface area (Å²) in [5.74, 6) is 0. The monoisotopic (exact) mass is 326 g/mol. The Balaban J connectivity index is 2.21. The van der Waals surface area contributed by atoms with Gasteiger partial charge in [0.05, 0.1) is 15.5 Å². The number of hydrogen-bond acceptors (Lipinski definition) is 4. The molecule has 0 aliphatic heterocycles. The number of sulfonamides is 1. The number of halogens is 1. The van der Waals surface area contributed by atoms with Crippen molar-refractivity contribution in [3.63, 3.8) is 0 Å². The van der Waals surface area contributed by atoms with Crippen LogP contribution in [0.2, 0.25) is 5.02 Å². The summed E-state index contributed by atoms with van der Waals surface area (Å²) in [6.07, 6.45) is 0. The quantitative estimate of drug-likeness (QED) is 0.938. The third-order valence-corrected chi connectivity index (χ3v) is 5.50. The van der Waals surface area contributed by atoms with Crippen molar-refractivity contribution in [2.45, 2.75) is 18.4 Å². The highest BCUT2D eigenvalue weighted by molar-refractivity contribution is 7.89. The molecule has 0 aliphatic carbocycles. The number of hydrogen-bond donors (Lipinski definition) is 1. The fourth-order valence-corrected chi connectivity index (χ4v) is 3.83. The van der Waals surface area contributed by atoms with E-state index in [1.807, 2.05) is 24.4 Å². The van der Waals surface area contributed by atoms with Gasteiger partial charge < -0.3 is 0 Å². The lowest BCUT2D eigenvalue weighted by Gasteiger charge is -2.07. The molecule has 104 valence electrons. The molecule has 0 amide bonds. The van der Waals surface area contributed by atoms with Gasteiger partial charge in [-0.1, -0.05) is 11.6 Å². The highest BCUT2D eigenvalue weighted by atomic mass is 35.5. The van der Waals surface area contributed by atoms with Crippen LogP contribution in [0, 0.1) is 18.3 Å². The van der Waals surface area contributed by atoms with Crippen LogP contribution in [0.4, 0.5) is 0 Å². The first-order valence-electron chi connectivity index (χ1n) is 5.66. The van der Waals surface area contributed by atoms with Crippen molar-refractivity contribution in [2.75, 3.05) is 0 Å². The summed E-state index contributed by atoms with van der Waals surface area (Å²) in [4.78, 5) is 1.02. The molecule has 1 N–H and O–H groups in total. The SMILES string of the molecule is Cc1ccsc1CNS(=O)(=O)c1ccc(C#N)c(Cl)c1. The first-order chi connectivity index (χ1) is 9.44. The summed E-state index contributed by atoms with van der Waals surface area (Å²) in [5, 5.41) is 10.8. The van der Waals surface area contributed by atoms with Crippen molar-refractivity contribution < 1.29 is 8.42 Å². The van der Waals surface area contributed by atoms with E-state index in [-0.39, 0.29) is 22.0 Å². The van der Waals surface area contributed by atoms with Gasteiger partial charge in [0, 0.05) is 11.4 Å². The summed E-state index contributed by atoms with van der Waals surface area (Å²) < 4.78 is 26.8. The Hall–Kier alpha value is -1.39. The maximum atomic E-state index is 12.1. The molecule has 1 heterocycles. The number of thiophene rings is 1. The number of rotatable bonds is 4. The molecule has 4 nitrogen and oxygen atoms in total. The van der Waals surface area contributed by atoms with Gasteiger partial charge in [-0.15, -0.1) is 11.3 Å². The molecular formula is C13H11ClN2O2S2. The molecule has 0 bridgehead atoms. The zero-order valence-corrected chi connectivity index (χ0v) is 12.9. The average molecular weight is 327 g/mol. The summed E-state index contributed by atoms with van der Waals surface area (Å²) in [5.41, 5.74) is 1.30. The van der Waals surface area contributed by atoms with Crippen LogP contribution in [0.3, 0.4) is 0 Å². The number of nitrogens with zero attached hydrogens (tertiary/aromatic N) is 1. The van der Waals surface area contributed by atoms with Gasteiger partial charge in [-0.05, 0) is 42.1 Å². The van der Waals surface area contributed by atoms with Crippen molar-refractivity contribution in [2.24, 2.45) is 0 Å². The maximum Gasteiger partial charge on any atom is 0.240 e. The number of nitrogens with one attached hydrogen (secondary N) is 1. The molecule has 0 radical (unpaired) electrons. The van der Waals surface area contributed by atoms with Gasteiger partial charge in [-0.2, -0.15) is 5.26 Å². The topological polar surface area (TPSA) is 70.0 Å². The lowest BCUT2D eigenvalue weighted by atomic mass is 10.2. The molecule has 2 aromatic rings. The predicted octanol–water partition coefficient (Wildman–Crippen LogP) is 3.06. The first kappa shape index (κ1) is 15.0. The minimum atomic E-state index is -3.64. The van der Waals surface area contributed by atoms with E-state index >= 15 is 0 Å². The van der Waals surface area contributed by atoms with Crippen LogP contribution in [0.25, 0.3) is 0 Å². The number of nitriles is 1. The second-order valence-electron chi connectivity index (χ2n) is 4.10. The summed E-state index contributed by atoms with van der Waals surface area (Å²) in [6, 6.07) is 7.87. The van der Waals surface area contributed by atoms with Crippen molar-refractivity contribution in [3.8, 4) is 6.07 Å². The van der Waals surface area contributed by atoms with E-state index in [1.165, 1.54) is 29.5 Å². The number of aryl methyl sites for hydroxylation is 1. The molecule has 0 aliphatic rings. The van der Waals surface area contributed by atoms with Gasteiger partial charge in [0.2, 0.25) is 10.0 Å². The van der Waals surface area contributed by atoms with Crippen LogP contribution < -0.4 is 4.72 Å². The molecule has 0 spiro atoms. The molecular weight excluding hydrogens is 316 g/mol. The molecule has 0 fully saturated rings. The molecule has 0 saturated heterocycles. The number of benzene rings is 1. The molecule has 0 unspecified atom stereocenters. The summed E-state index contributed by atoms with van der Waals surface area (Å²) in [7, 11) is -3.64. The van der Waals surface area contributed by atoms with E-state index in [4.69, 9.17) is 16.9 Å². The first-order valence-corrected chi connectivity index (χ1v) is 8.40. The van der Waals surface area contributed by atoms with E-state index in [1.54, 1.807) is 0 Å². The fraction of sp³-hybridized carbons (Fsp3) is 0.154. The Bertz CT molecular complexity index is 776. The fourth-order valence-electron chi connectivity index (χ4n) is 1.58. The maximum absolute atomic E-state index is 12.1. The molecule has 0 atom stereocenters.